The number of nitro groups is 1. The Labute approximate surface area is 249 Å². The first-order valence-electron chi connectivity index (χ1n) is 13.5. The summed E-state index contributed by atoms with van der Waals surface area (Å²) in [6.45, 7) is 3.19. The van der Waals surface area contributed by atoms with Crippen LogP contribution in [0.1, 0.15) is 25.7 Å². The van der Waals surface area contributed by atoms with E-state index in [9.17, 15) is 28.1 Å². The minimum absolute atomic E-state index is 0.0289. The van der Waals surface area contributed by atoms with E-state index < -0.39 is 26.9 Å². The molecule has 0 radical (unpaired) electrons. The summed E-state index contributed by atoms with van der Waals surface area (Å²) in [5, 5.41) is 27.8. The summed E-state index contributed by atoms with van der Waals surface area (Å²) in [6.07, 6.45) is 7.85. The number of rotatable bonds is 12. The van der Waals surface area contributed by atoms with Crippen molar-refractivity contribution in [1.29, 1.82) is 0 Å². The molecule has 2 heterocycles. The topological polar surface area (TPSA) is 180 Å². The van der Waals surface area contributed by atoms with Gasteiger partial charge < -0.3 is 19.8 Å². The van der Waals surface area contributed by atoms with Gasteiger partial charge in [-0.25, -0.2) is 18.0 Å². The van der Waals surface area contributed by atoms with Crippen molar-refractivity contribution in [3.8, 4) is 5.75 Å². The number of non-ortho nitro benzene ring substituents is 1. The van der Waals surface area contributed by atoms with Crippen LogP contribution in [0.4, 0.5) is 5.69 Å². The van der Waals surface area contributed by atoms with Crippen molar-refractivity contribution < 1.29 is 37.9 Å². The number of nitrogens with zero attached hydrogens (tertiary/aromatic N) is 4. The number of nitro benzene ring substituents is 1. The Balaban J connectivity index is 0.000000557. The summed E-state index contributed by atoms with van der Waals surface area (Å²) in [4.78, 5) is 36.2. The maximum atomic E-state index is 13.4. The van der Waals surface area contributed by atoms with Gasteiger partial charge in [-0.15, -0.1) is 0 Å². The minimum Gasteiger partial charge on any atom is -0.494 e. The van der Waals surface area contributed by atoms with Crippen LogP contribution >= 0.6 is 0 Å². The average Bonchev–Trinajstić information content (AvgIpc) is 3.00. The molecular weight excluding hydrogens is 580 g/mol. The number of piperidine rings is 1. The maximum Gasteiger partial charge on any atom is 0.328 e. The van der Waals surface area contributed by atoms with E-state index in [0.29, 0.717) is 34.8 Å². The normalized spacial score (nSPS) is 14.4. The highest BCUT2D eigenvalue weighted by Gasteiger charge is 2.31. The third-order valence-electron chi connectivity index (χ3n) is 6.92. The van der Waals surface area contributed by atoms with Gasteiger partial charge in [-0.05, 0) is 69.6 Å². The van der Waals surface area contributed by atoms with Crippen molar-refractivity contribution in [2.45, 2.75) is 36.6 Å². The minimum atomic E-state index is -3.61. The van der Waals surface area contributed by atoms with Gasteiger partial charge in [0.15, 0.2) is 0 Å². The fourth-order valence-electron chi connectivity index (χ4n) is 4.61. The van der Waals surface area contributed by atoms with Gasteiger partial charge in [-0.2, -0.15) is 4.31 Å². The van der Waals surface area contributed by atoms with E-state index in [1.54, 1.807) is 49.8 Å². The zero-order chi connectivity index (χ0) is 31.4. The predicted octanol–water partition coefficient (Wildman–Crippen LogP) is 3.80. The van der Waals surface area contributed by atoms with Crippen molar-refractivity contribution in [3.63, 3.8) is 0 Å². The van der Waals surface area contributed by atoms with Crippen LogP contribution in [0.3, 0.4) is 0 Å². The van der Waals surface area contributed by atoms with Crippen LogP contribution in [0.15, 0.2) is 78.0 Å². The van der Waals surface area contributed by atoms with Crippen molar-refractivity contribution in [3.05, 3.63) is 83.2 Å². The van der Waals surface area contributed by atoms with E-state index in [4.69, 9.17) is 14.9 Å². The summed E-state index contributed by atoms with van der Waals surface area (Å²) >= 11 is 0. The van der Waals surface area contributed by atoms with Gasteiger partial charge in [0.05, 0.1) is 16.4 Å². The van der Waals surface area contributed by atoms with E-state index in [2.05, 4.69) is 9.88 Å². The first-order valence-corrected chi connectivity index (χ1v) is 15.0. The van der Waals surface area contributed by atoms with Crippen molar-refractivity contribution >= 4 is 38.4 Å². The molecule has 0 atom stereocenters. The maximum absolute atomic E-state index is 13.4. The van der Waals surface area contributed by atoms with Gasteiger partial charge in [0.25, 0.3) is 5.69 Å². The van der Waals surface area contributed by atoms with Gasteiger partial charge in [-0.3, -0.25) is 15.1 Å². The number of fused-ring (bicyclic) bond motifs is 1. The van der Waals surface area contributed by atoms with Gasteiger partial charge in [-0.1, -0.05) is 12.1 Å². The molecule has 2 aromatic carbocycles. The predicted molar refractivity (Wildman–Crippen MR) is 158 cm³/mol. The Hall–Kier alpha value is -4.40. The fourth-order valence-corrected chi connectivity index (χ4v) is 6.24. The Morgan fingerprint density at radius 2 is 1.72 bits per heavy atom. The lowest BCUT2D eigenvalue weighted by atomic mass is 10.1. The van der Waals surface area contributed by atoms with E-state index >= 15 is 0 Å². The molecule has 0 saturated carbocycles. The number of aliphatic carboxylic acids is 2. The summed E-state index contributed by atoms with van der Waals surface area (Å²) in [5.41, 5.74) is 0.0496. The molecule has 0 spiro atoms. The Kier molecular flexibility index (Phi) is 12.1. The summed E-state index contributed by atoms with van der Waals surface area (Å²) in [5.74, 6) is -1.89. The number of hydrogen-bond acceptors (Lipinski definition) is 9. The monoisotopic (exact) mass is 614 g/mol. The third-order valence-corrected chi connectivity index (χ3v) is 8.89. The van der Waals surface area contributed by atoms with Crippen LogP contribution in [0.25, 0.3) is 10.8 Å². The van der Waals surface area contributed by atoms with Crippen molar-refractivity contribution in [2.75, 3.05) is 33.3 Å². The van der Waals surface area contributed by atoms with E-state index in [1.807, 2.05) is 6.07 Å². The smallest absolute Gasteiger partial charge is 0.328 e. The van der Waals surface area contributed by atoms with Crippen LogP contribution in [0.5, 0.6) is 5.75 Å². The number of unbranched alkanes of at least 4 members (excludes halogenated alkanes) is 1. The average molecular weight is 615 g/mol. The van der Waals surface area contributed by atoms with E-state index in [0.717, 1.165) is 50.7 Å². The molecule has 2 N–H and O–H groups in total. The standard InChI is InChI=1S/C25H30N4O5S.C4H4O4/c1-27(35(32,33)25-6-4-5-20-19-26-14-11-24(20)25)21-12-16-28(17-13-21)15-2-3-18-34-23-9-7-22(8-10-23)29(30)31;5-3(6)1-2-4(7)8/h4-11,14,19,21H,2-3,12-13,15-18H2,1H3;1-2H,(H,5,6)(H,7,8)/b;2-1+. The second kappa shape index (κ2) is 15.7. The van der Waals surface area contributed by atoms with E-state index in [1.165, 1.54) is 16.4 Å². The number of benzene rings is 2. The first kappa shape index (κ1) is 33.1. The number of carboxylic acid groups (broad SMARTS) is 2. The first-order chi connectivity index (χ1) is 20.5. The molecule has 1 aliphatic heterocycles. The summed E-state index contributed by atoms with van der Waals surface area (Å²) in [7, 11) is -1.92. The highest BCUT2D eigenvalue weighted by Crippen LogP contribution is 2.28. The Bertz CT molecular complexity index is 1520. The molecule has 1 saturated heterocycles. The molecular formula is C29H34N4O9S. The second-order valence-electron chi connectivity index (χ2n) is 9.76. The van der Waals surface area contributed by atoms with Gasteiger partial charge in [0.2, 0.25) is 10.0 Å². The van der Waals surface area contributed by atoms with Crippen LogP contribution in [-0.4, -0.2) is 89.0 Å². The lowest BCUT2D eigenvalue weighted by molar-refractivity contribution is -0.384. The molecule has 1 aliphatic rings. The molecule has 1 aromatic heterocycles. The summed E-state index contributed by atoms with van der Waals surface area (Å²) in [6, 6.07) is 13.1. The zero-order valence-corrected chi connectivity index (χ0v) is 24.4. The molecule has 1 fully saturated rings. The Morgan fingerprint density at radius 3 is 2.33 bits per heavy atom. The number of aromatic nitrogens is 1. The van der Waals surface area contributed by atoms with Gasteiger partial charge >= 0.3 is 11.9 Å². The third kappa shape index (κ3) is 9.84. The highest BCUT2D eigenvalue weighted by molar-refractivity contribution is 7.89. The molecule has 0 unspecified atom stereocenters. The van der Waals surface area contributed by atoms with E-state index in [-0.39, 0.29) is 11.7 Å². The van der Waals surface area contributed by atoms with Gasteiger partial charge in [0, 0.05) is 60.5 Å². The fraction of sp³-hybridized carbons (Fsp3) is 0.345. The Morgan fingerprint density at radius 1 is 1.07 bits per heavy atom. The van der Waals surface area contributed by atoms with Gasteiger partial charge in [0.1, 0.15) is 5.75 Å². The lowest BCUT2D eigenvalue weighted by Gasteiger charge is -2.36. The molecule has 3 aromatic rings. The molecule has 13 nitrogen and oxygen atoms in total. The molecule has 230 valence electrons. The molecule has 43 heavy (non-hydrogen) atoms. The molecule has 0 amide bonds. The molecule has 0 aliphatic carbocycles. The SMILES string of the molecule is CN(C1CCN(CCCCOc2ccc([N+](=O)[O-])cc2)CC1)S(=O)(=O)c1cccc2cnccc12.O=C(O)/C=C/C(=O)O. The lowest BCUT2D eigenvalue weighted by Crippen LogP contribution is -2.45. The van der Waals surface area contributed by atoms with Crippen LogP contribution in [0, 0.1) is 10.1 Å². The number of sulfonamides is 1. The zero-order valence-electron chi connectivity index (χ0n) is 23.6. The molecule has 4 rings (SSSR count). The highest BCUT2D eigenvalue weighted by atomic mass is 32.2. The number of ether oxygens (including phenoxy) is 1. The van der Waals surface area contributed by atoms with Crippen LogP contribution < -0.4 is 4.74 Å². The van der Waals surface area contributed by atoms with Crippen LogP contribution in [-0.2, 0) is 19.6 Å². The van der Waals surface area contributed by atoms with Crippen molar-refractivity contribution in [2.24, 2.45) is 0 Å². The quantitative estimate of drug-likeness (QED) is 0.131. The second-order valence-corrected chi connectivity index (χ2v) is 11.7. The largest absolute Gasteiger partial charge is 0.494 e. The number of carboxylic acids is 2. The summed E-state index contributed by atoms with van der Waals surface area (Å²) < 4.78 is 34.0. The number of likely N-dealkylation sites (tertiary alicyclic amines) is 1. The number of pyridine rings is 1. The molecule has 14 heteroatoms. The molecule has 0 bridgehead atoms. The number of carbonyl (C=O) groups is 2. The van der Waals surface area contributed by atoms with Crippen LogP contribution in [0.2, 0.25) is 0 Å². The van der Waals surface area contributed by atoms with Crippen molar-refractivity contribution in [1.82, 2.24) is 14.2 Å². The number of hydrogen-bond donors (Lipinski definition) is 2.